The second-order valence-electron chi connectivity index (χ2n) is 4.58. The SMILES string of the molecule is O=C(O)/C=C/c1nc(-c2ccccc2)nn1-c1ccccc1. The van der Waals surface area contributed by atoms with E-state index >= 15 is 0 Å². The Hall–Kier alpha value is -3.21. The predicted molar refractivity (Wildman–Crippen MR) is 83.5 cm³/mol. The maximum Gasteiger partial charge on any atom is 0.328 e. The van der Waals surface area contributed by atoms with Crippen molar-refractivity contribution >= 4 is 12.0 Å². The number of nitrogens with zero attached hydrogens (tertiary/aromatic N) is 3. The van der Waals surface area contributed by atoms with Gasteiger partial charge in [-0.15, -0.1) is 5.10 Å². The summed E-state index contributed by atoms with van der Waals surface area (Å²) in [6.45, 7) is 0. The first-order valence-electron chi connectivity index (χ1n) is 6.73. The van der Waals surface area contributed by atoms with Gasteiger partial charge in [0.1, 0.15) is 0 Å². The van der Waals surface area contributed by atoms with Crippen molar-refractivity contribution in [2.45, 2.75) is 0 Å². The highest BCUT2D eigenvalue weighted by molar-refractivity contribution is 5.84. The van der Waals surface area contributed by atoms with Crippen LogP contribution >= 0.6 is 0 Å². The van der Waals surface area contributed by atoms with Crippen molar-refractivity contribution in [2.24, 2.45) is 0 Å². The molecule has 0 aliphatic rings. The van der Waals surface area contributed by atoms with Crippen molar-refractivity contribution < 1.29 is 9.90 Å². The van der Waals surface area contributed by atoms with Crippen LogP contribution in [0.4, 0.5) is 0 Å². The van der Waals surface area contributed by atoms with Gasteiger partial charge in [-0.05, 0) is 18.2 Å². The third kappa shape index (κ3) is 2.93. The summed E-state index contributed by atoms with van der Waals surface area (Å²) in [5.41, 5.74) is 1.70. The van der Waals surface area contributed by atoms with Gasteiger partial charge < -0.3 is 5.11 Å². The zero-order chi connectivity index (χ0) is 15.4. The van der Waals surface area contributed by atoms with Gasteiger partial charge in [0.05, 0.1) is 5.69 Å². The Balaban J connectivity index is 2.11. The number of carboxylic acid groups (broad SMARTS) is 1. The highest BCUT2D eigenvalue weighted by atomic mass is 16.4. The molecule has 2 aromatic carbocycles. The van der Waals surface area contributed by atoms with Gasteiger partial charge in [-0.25, -0.2) is 14.5 Å². The molecule has 0 unspecified atom stereocenters. The third-order valence-corrected chi connectivity index (χ3v) is 3.04. The molecule has 1 heterocycles. The third-order valence-electron chi connectivity index (χ3n) is 3.04. The molecule has 0 saturated carbocycles. The monoisotopic (exact) mass is 291 g/mol. The molecule has 0 spiro atoms. The molecule has 3 rings (SSSR count). The Kier molecular flexibility index (Phi) is 3.78. The maximum absolute atomic E-state index is 10.8. The van der Waals surface area contributed by atoms with E-state index < -0.39 is 5.97 Å². The number of carbonyl (C=O) groups is 1. The zero-order valence-electron chi connectivity index (χ0n) is 11.6. The van der Waals surface area contributed by atoms with Gasteiger partial charge in [0.2, 0.25) is 0 Å². The average Bonchev–Trinajstić information content (AvgIpc) is 2.99. The molecule has 0 amide bonds. The van der Waals surface area contributed by atoms with E-state index in [2.05, 4.69) is 10.1 Å². The van der Waals surface area contributed by atoms with E-state index in [1.807, 2.05) is 60.7 Å². The van der Waals surface area contributed by atoms with Gasteiger partial charge in [-0.3, -0.25) is 0 Å². The van der Waals surface area contributed by atoms with Crippen molar-refractivity contribution in [3.05, 3.63) is 72.6 Å². The van der Waals surface area contributed by atoms with E-state index in [-0.39, 0.29) is 0 Å². The van der Waals surface area contributed by atoms with E-state index in [1.54, 1.807) is 4.68 Å². The lowest BCUT2D eigenvalue weighted by Crippen LogP contribution is -1.99. The Morgan fingerprint density at radius 1 is 1.00 bits per heavy atom. The topological polar surface area (TPSA) is 68.0 Å². The molecule has 5 heteroatoms. The molecule has 1 aromatic heterocycles. The van der Waals surface area contributed by atoms with Gasteiger partial charge in [0.25, 0.3) is 0 Å². The molecule has 0 atom stereocenters. The van der Waals surface area contributed by atoms with Crippen LogP contribution in [0.1, 0.15) is 5.82 Å². The number of aliphatic carboxylic acids is 1. The van der Waals surface area contributed by atoms with E-state index in [1.165, 1.54) is 6.08 Å². The molecular weight excluding hydrogens is 278 g/mol. The Morgan fingerprint density at radius 2 is 1.64 bits per heavy atom. The molecule has 0 bridgehead atoms. The second-order valence-corrected chi connectivity index (χ2v) is 4.58. The second kappa shape index (κ2) is 6.05. The van der Waals surface area contributed by atoms with Crippen molar-refractivity contribution in [2.75, 3.05) is 0 Å². The highest BCUT2D eigenvalue weighted by Crippen LogP contribution is 2.18. The molecule has 1 N–H and O–H groups in total. The van der Waals surface area contributed by atoms with Gasteiger partial charge in [0, 0.05) is 11.6 Å². The highest BCUT2D eigenvalue weighted by Gasteiger charge is 2.11. The first-order valence-corrected chi connectivity index (χ1v) is 6.73. The largest absolute Gasteiger partial charge is 0.478 e. The summed E-state index contributed by atoms with van der Waals surface area (Å²) in [5, 5.41) is 13.3. The fourth-order valence-corrected chi connectivity index (χ4v) is 2.05. The standard InChI is InChI=1S/C17H13N3O2/c21-16(22)12-11-15-18-17(13-7-3-1-4-8-13)19-20(15)14-9-5-2-6-10-14/h1-12H,(H,21,22)/b12-11+. The van der Waals surface area contributed by atoms with Crippen molar-refractivity contribution in [1.82, 2.24) is 14.8 Å². The summed E-state index contributed by atoms with van der Waals surface area (Å²) >= 11 is 0. The van der Waals surface area contributed by atoms with Crippen molar-refractivity contribution in [1.29, 1.82) is 0 Å². The van der Waals surface area contributed by atoms with E-state index in [9.17, 15) is 4.79 Å². The average molecular weight is 291 g/mol. The summed E-state index contributed by atoms with van der Waals surface area (Å²) in [6.07, 6.45) is 2.49. The summed E-state index contributed by atoms with van der Waals surface area (Å²) in [5.74, 6) is -0.00850. The molecule has 0 aliphatic carbocycles. The van der Waals surface area contributed by atoms with Crippen LogP contribution in [-0.2, 0) is 4.79 Å². The van der Waals surface area contributed by atoms with Gasteiger partial charge >= 0.3 is 5.97 Å². The van der Waals surface area contributed by atoms with Gasteiger partial charge in [-0.2, -0.15) is 0 Å². The lowest BCUT2D eigenvalue weighted by Gasteiger charge is -2.01. The number of aromatic nitrogens is 3. The zero-order valence-corrected chi connectivity index (χ0v) is 11.6. The minimum absolute atomic E-state index is 0.465. The van der Waals surface area contributed by atoms with Crippen LogP contribution in [0.3, 0.4) is 0 Å². The number of benzene rings is 2. The molecule has 22 heavy (non-hydrogen) atoms. The molecule has 0 fully saturated rings. The normalized spacial score (nSPS) is 10.9. The van der Waals surface area contributed by atoms with Crippen LogP contribution in [0.2, 0.25) is 0 Å². The summed E-state index contributed by atoms with van der Waals surface area (Å²) in [6, 6.07) is 19.0. The van der Waals surface area contributed by atoms with Crippen LogP contribution in [0, 0.1) is 0 Å². The van der Waals surface area contributed by atoms with E-state index in [4.69, 9.17) is 5.11 Å². The quantitative estimate of drug-likeness (QED) is 0.750. The summed E-state index contributed by atoms with van der Waals surface area (Å²) in [4.78, 5) is 15.2. The first-order chi connectivity index (χ1) is 10.7. The minimum Gasteiger partial charge on any atom is -0.478 e. The van der Waals surface area contributed by atoms with E-state index in [0.29, 0.717) is 11.6 Å². The Labute approximate surface area is 127 Å². The lowest BCUT2D eigenvalue weighted by atomic mass is 10.2. The lowest BCUT2D eigenvalue weighted by molar-refractivity contribution is -0.131. The molecular formula is C17H13N3O2. The summed E-state index contributed by atoms with van der Waals surface area (Å²) in [7, 11) is 0. The first kappa shape index (κ1) is 13.8. The number of hydrogen-bond acceptors (Lipinski definition) is 3. The molecule has 0 aliphatic heterocycles. The Morgan fingerprint density at radius 3 is 2.27 bits per heavy atom. The van der Waals surface area contributed by atoms with Gasteiger partial charge in [0.15, 0.2) is 11.6 Å². The number of carboxylic acids is 1. The van der Waals surface area contributed by atoms with E-state index in [0.717, 1.165) is 17.3 Å². The Bertz CT molecular complexity index is 808. The molecule has 108 valence electrons. The van der Waals surface area contributed by atoms with Crippen molar-refractivity contribution in [3.8, 4) is 17.1 Å². The molecule has 0 saturated heterocycles. The molecule has 5 nitrogen and oxygen atoms in total. The van der Waals surface area contributed by atoms with Crippen LogP contribution in [0.25, 0.3) is 23.2 Å². The fourth-order valence-electron chi connectivity index (χ4n) is 2.05. The fraction of sp³-hybridized carbons (Fsp3) is 0. The van der Waals surface area contributed by atoms with Gasteiger partial charge in [-0.1, -0.05) is 48.5 Å². The minimum atomic E-state index is -1.02. The smallest absolute Gasteiger partial charge is 0.328 e. The molecule has 0 radical (unpaired) electrons. The number of rotatable bonds is 4. The van der Waals surface area contributed by atoms with Crippen LogP contribution < -0.4 is 0 Å². The molecule has 3 aromatic rings. The summed E-state index contributed by atoms with van der Waals surface area (Å²) < 4.78 is 1.63. The van der Waals surface area contributed by atoms with Crippen molar-refractivity contribution in [3.63, 3.8) is 0 Å². The van der Waals surface area contributed by atoms with Crippen LogP contribution in [-0.4, -0.2) is 25.8 Å². The van der Waals surface area contributed by atoms with Crippen LogP contribution in [0.15, 0.2) is 66.7 Å². The number of hydrogen-bond donors (Lipinski definition) is 1. The van der Waals surface area contributed by atoms with Crippen LogP contribution in [0.5, 0.6) is 0 Å². The predicted octanol–water partition coefficient (Wildman–Crippen LogP) is 3.03. The maximum atomic E-state index is 10.8. The number of para-hydroxylation sites is 1.